The van der Waals surface area contributed by atoms with Crippen molar-refractivity contribution in [3.8, 4) is 0 Å². The molecule has 1 atom stereocenters. The van der Waals surface area contributed by atoms with Crippen molar-refractivity contribution in [2.45, 2.75) is 58.6 Å². The van der Waals surface area contributed by atoms with E-state index in [0.29, 0.717) is 11.3 Å². The molecule has 0 aliphatic carbocycles. The Hall–Kier alpha value is -2.71. The Labute approximate surface area is 177 Å². The van der Waals surface area contributed by atoms with Gasteiger partial charge in [0.2, 0.25) is 10.0 Å². The molecule has 2 rings (SSSR count). The normalized spacial score (nSPS) is 12.5. The number of esters is 1. The summed E-state index contributed by atoms with van der Waals surface area (Å²) in [6.07, 6.45) is -1.02. The van der Waals surface area contributed by atoms with Crippen molar-refractivity contribution < 1.29 is 22.7 Å². The predicted octanol–water partition coefficient (Wildman–Crippen LogP) is 3.48. The Morgan fingerprint density at radius 3 is 1.97 bits per heavy atom. The molecule has 30 heavy (non-hydrogen) atoms. The van der Waals surface area contributed by atoms with Crippen LogP contribution in [0.4, 0.5) is 5.69 Å². The van der Waals surface area contributed by atoms with Gasteiger partial charge in [0.1, 0.15) is 0 Å². The molecule has 0 radical (unpaired) electrons. The Morgan fingerprint density at radius 2 is 1.47 bits per heavy atom. The summed E-state index contributed by atoms with van der Waals surface area (Å²) in [4.78, 5) is 25.0. The van der Waals surface area contributed by atoms with Crippen LogP contribution in [0.5, 0.6) is 0 Å². The Kier molecular flexibility index (Phi) is 7.39. The molecule has 0 bridgehead atoms. The molecule has 0 saturated carbocycles. The lowest BCUT2D eigenvalue weighted by Gasteiger charge is -2.16. The van der Waals surface area contributed by atoms with Crippen LogP contribution in [0, 0.1) is 20.8 Å². The number of anilines is 1. The van der Waals surface area contributed by atoms with Crippen molar-refractivity contribution in [2.75, 3.05) is 5.32 Å². The van der Waals surface area contributed by atoms with Crippen LogP contribution in [-0.4, -0.2) is 32.4 Å². The number of rotatable bonds is 7. The summed E-state index contributed by atoms with van der Waals surface area (Å²) in [5.41, 5.74) is 3.47. The standard InChI is InChI=1S/C22H28N2O5S/c1-13(2)24-30(27,28)19-9-7-18(8-10-19)23-21(25)17(6)29-22(26)20-15(4)11-14(3)12-16(20)5/h7-13,17,24H,1-6H3,(H,23,25). The maximum Gasteiger partial charge on any atom is 0.339 e. The topological polar surface area (TPSA) is 102 Å². The maximum atomic E-state index is 12.5. The van der Waals surface area contributed by atoms with E-state index in [1.165, 1.54) is 31.2 Å². The number of aryl methyl sites for hydroxylation is 3. The molecule has 0 aliphatic heterocycles. The number of ether oxygens (including phenoxy) is 1. The number of sulfonamides is 1. The van der Waals surface area contributed by atoms with Crippen molar-refractivity contribution in [1.82, 2.24) is 4.72 Å². The molecule has 2 aromatic carbocycles. The number of amides is 1. The van der Waals surface area contributed by atoms with Crippen LogP contribution in [0.3, 0.4) is 0 Å². The van der Waals surface area contributed by atoms with Crippen LogP contribution < -0.4 is 10.0 Å². The van der Waals surface area contributed by atoms with Crippen molar-refractivity contribution in [1.29, 1.82) is 0 Å². The summed E-state index contributed by atoms with van der Waals surface area (Å²) in [6.45, 7) is 10.5. The summed E-state index contributed by atoms with van der Waals surface area (Å²) in [5, 5.41) is 2.62. The third-order valence-corrected chi connectivity index (χ3v) is 6.03. The summed E-state index contributed by atoms with van der Waals surface area (Å²) in [7, 11) is -3.61. The van der Waals surface area contributed by atoms with Crippen LogP contribution in [0.25, 0.3) is 0 Å². The molecule has 0 aromatic heterocycles. The minimum atomic E-state index is -3.61. The van der Waals surface area contributed by atoms with Gasteiger partial charge >= 0.3 is 5.97 Å². The second kappa shape index (κ2) is 9.40. The zero-order valence-corrected chi connectivity index (χ0v) is 18.9. The van der Waals surface area contributed by atoms with E-state index in [1.807, 2.05) is 32.9 Å². The Balaban J connectivity index is 2.05. The number of carbonyl (C=O) groups is 2. The van der Waals surface area contributed by atoms with Crippen LogP contribution in [-0.2, 0) is 19.6 Å². The van der Waals surface area contributed by atoms with Gasteiger partial charge in [0.25, 0.3) is 5.91 Å². The van der Waals surface area contributed by atoms with Crippen LogP contribution >= 0.6 is 0 Å². The molecule has 1 unspecified atom stereocenters. The van der Waals surface area contributed by atoms with Gasteiger partial charge in [-0.25, -0.2) is 17.9 Å². The molecular weight excluding hydrogens is 404 g/mol. The zero-order valence-electron chi connectivity index (χ0n) is 18.1. The Morgan fingerprint density at radius 1 is 0.933 bits per heavy atom. The number of carbonyl (C=O) groups excluding carboxylic acids is 2. The largest absolute Gasteiger partial charge is 0.449 e. The van der Waals surface area contributed by atoms with Gasteiger partial charge in [0, 0.05) is 11.7 Å². The molecule has 162 valence electrons. The molecule has 2 N–H and O–H groups in total. The molecule has 0 aliphatic rings. The van der Waals surface area contributed by atoms with Gasteiger partial charge in [-0.3, -0.25) is 4.79 Å². The number of hydrogen-bond donors (Lipinski definition) is 2. The second-order valence-corrected chi connectivity index (χ2v) is 9.32. The first kappa shape index (κ1) is 23.6. The smallest absolute Gasteiger partial charge is 0.339 e. The second-order valence-electron chi connectivity index (χ2n) is 7.61. The molecule has 7 nitrogen and oxygen atoms in total. The molecule has 0 spiro atoms. The summed E-state index contributed by atoms with van der Waals surface area (Å²) in [6, 6.07) is 9.30. The van der Waals surface area contributed by atoms with E-state index in [2.05, 4.69) is 10.0 Å². The van der Waals surface area contributed by atoms with Crippen LogP contribution in [0.2, 0.25) is 0 Å². The fourth-order valence-corrected chi connectivity index (χ4v) is 4.37. The van der Waals surface area contributed by atoms with Crippen molar-refractivity contribution in [2.24, 2.45) is 0 Å². The summed E-state index contributed by atoms with van der Waals surface area (Å²) < 4.78 is 32.1. The molecule has 0 fully saturated rings. The highest BCUT2D eigenvalue weighted by Crippen LogP contribution is 2.19. The van der Waals surface area contributed by atoms with E-state index in [9.17, 15) is 18.0 Å². The molecule has 1 amide bonds. The molecule has 8 heteroatoms. The predicted molar refractivity (Wildman–Crippen MR) is 116 cm³/mol. The quantitative estimate of drug-likeness (QED) is 0.652. The minimum Gasteiger partial charge on any atom is -0.449 e. The molecular formula is C22H28N2O5S. The highest BCUT2D eigenvalue weighted by atomic mass is 32.2. The van der Waals surface area contributed by atoms with Crippen LogP contribution in [0.15, 0.2) is 41.3 Å². The SMILES string of the molecule is Cc1cc(C)c(C(=O)OC(C)C(=O)Nc2ccc(S(=O)(=O)NC(C)C)cc2)c(C)c1. The Bertz CT molecular complexity index is 1020. The highest BCUT2D eigenvalue weighted by molar-refractivity contribution is 7.89. The lowest BCUT2D eigenvalue weighted by atomic mass is 10.00. The highest BCUT2D eigenvalue weighted by Gasteiger charge is 2.22. The number of nitrogens with one attached hydrogen (secondary N) is 2. The van der Waals surface area contributed by atoms with E-state index in [1.54, 1.807) is 13.8 Å². The number of benzene rings is 2. The fraction of sp³-hybridized carbons (Fsp3) is 0.364. The average Bonchev–Trinajstić information content (AvgIpc) is 2.60. The van der Waals surface area contributed by atoms with Gasteiger partial charge in [-0.1, -0.05) is 17.7 Å². The molecule has 0 heterocycles. The average molecular weight is 433 g/mol. The zero-order chi connectivity index (χ0) is 22.6. The number of hydrogen-bond acceptors (Lipinski definition) is 5. The van der Waals surface area contributed by atoms with E-state index in [0.717, 1.165) is 16.7 Å². The molecule has 2 aromatic rings. The van der Waals surface area contributed by atoms with E-state index >= 15 is 0 Å². The van der Waals surface area contributed by atoms with Gasteiger partial charge in [0.05, 0.1) is 10.5 Å². The van der Waals surface area contributed by atoms with Gasteiger partial charge in [-0.15, -0.1) is 0 Å². The van der Waals surface area contributed by atoms with E-state index in [4.69, 9.17) is 4.74 Å². The van der Waals surface area contributed by atoms with Gasteiger partial charge in [-0.2, -0.15) is 0 Å². The minimum absolute atomic E-state index is 0.0963. The summed E-state index contributed by atoms with van der Waals surface area (Å²) in [5.74, 6) is -1.07. The van der Waals surface area contributed by atoms with Crippen LogP contribution in [0.1, 0.15) is 47.8 Å². The fourth-order valence-electron chi connectivity index (χ4n) is 3.11. The van der Waals surface area contributed by atoms with Crippen molar-refractivity contribution in [3.05, 3.63) is 58.7 Å². The lowest BCUT2D eigenvalue weighted by molar-refractivity contribution is -0.123. The first-order valence-corrected chi connectivity index (χ1v) is 11.1. The maximum absolute atomic E-state index is 12.5. The lowest BCUT2D eigenvalue weighted by Crippen LogP contribution is -2.31. The molecule has 0 saturated heterocycles. The van der Waals surface area contributed by atoms with Gasteiger partial charge in [-0.05, 0) is 76.9 Å². The first-order chi connectivity index (χ1) is 13.9. The van der Waals surface area contributed by atoms with Crippen molar-refractivity contribution >= 4 is 27.6 Å². The summed E-state index contributed by atoms with van der Waals surface area (Å²) >= 11 is 0. The van der Waals surface area contributed by atoms with Gasteiger partial charge < -0.3 is 10.1 Å². The third kappa shape index (κ3) is 5.90. The third-order valence-electron chi connectivity index (χ3n) is 4.36. The van der Waals surface area contributed by atoms with Crippen molar-refractivity contribution in [3.63, 3.8) is 0 Å². The van der Waals surface area contributed by atoms with E-state index < -0.39 is 28.0 Å². The first-order valence-electron chi connectivity index (χ1n) is 9.63. The van der Waals surface area contributed by atoms with E-state index in [-0.39, 0.29) is 10.9 Å². The van der Waals surface area contributed by atoms with Gasteiger partial charge in [0.15, 0.2) is 6.10 Å². The monoisotopic (exact) mass is 432 g/mol.